The van der Waals surface area contributed by atoms with Gasteiger partial charge >= 0.3 is 5.97 Å². The normalized spacial score (nSPS) is 12.5. The maximum Gasteiger partial charge on any atom is 0.337 e. The van der Waals surface area contributed by atoms with Crippen LogP contribution in [0.15, 0.2) is 48.5 Å². The average molecular weight is 352 g/mol. The Bertz CT molecular complexity index is 845. The topological polar surface area (TPSA) is 66.9 Å². The van der Waals surface area contributed by atoms with Gasteiger partial charge in [0.05, 0.1) is 12.7 Å². The monoisotopic (exact) mass is 352 g/mol. The maximum absolute atomic E-state index is 12.8. The zero-order chi connectivity index (χ0) is 18.7. The van der Waals surface area contributed by atoms with E-state index >= 15 is 0 Å². The minimum Gasteiger partial charge on any atom is -0.465 e. The summed E-state index contributed by atoms with van der Waals surface area (Å²) in [5.41, 5.74) is 2.99. The first-order chi connectivity index (χ1) is 12.5. The van der Waals surface area contributed by atoms with Crippen LogP contribution in [-0.4, -0.2) is 38.0 Å². The molecule has 6 nitrogen and oxygen atoms in total. The van der Waals surface area contributed by atoms with E-state index in [1.807, 2.05) is 24.3 Å². The smallest absolute Gasteiger partial charge is 0.337 e. The molecule has 0 radical (unpaired) electrons. The molecule has 26 heavy (non-hydrogen) atoms. The number of methoxy groups -OCH3 is 1. The molecule has 0 spiro atoms. The molecule has 2 aromatic rings. The van der Waals surface area contributed by atoms with Crippen molar-refractivity contribution in [2.75, 3.05) is 30.0 Å². The fourth-order valence-corrected chi connectivity index (χ4v) is 3.10. The summed E-state index contributed by atoms with van der Waals surface area (Å²) in [4.78, 5) is 39.5. The molecule has 1 aliphatic rings. The molecule has 6 heteroatoms. The fourth-order valence-electron chi connectivity index (χ4n) is 3.10. The van der Waals surface area contributed by atoms with E-state index < -0.39 is 5.97 Å². The molecule has 0 atom stereocenters. The first-order valence-electron chi connectivity index (χ1n) is 8.36. The van der Waals surface area contributed by atoms with Gasteiger partial charge in [-0.05, 0) is 42.3 Å². The Hall–Kier alpha value is -3.15. The summed E-state index contributed by atoms with van der Waals surface area (Å²) in [6.07, 6.45) is 0.815. The number of hydrogen-bond acceptors (Lipinski definition) is 4. The number of rotatable bonds is 4. The lowest BCUT2D eigenvalue weighted by Crippen LogP contribution is -2.41. The number of nitrogens with zero attached hydrogens (tertiary/aromatic N) is 2. The SMILES string of the molecule is COC(=O)c1ccc(N(CC(=O)N2CCc3ccccc32)C(C)=O)cc1. The van der Waals surface area contributed by atoms with Gasteiger partial charge in [-0.2, -0.15) is 0 Å². The summed E-state index contributed by atoms with van der Waals surface area (Å²) in [6.45, 7) is 1.98. The summed E-state index contributed by atoms with van der Waals surface area (Å²) in [5, 5.41) is 0. The summed E-state index contributed by atoms with van der Waals surface area (Å²) >= 11 is 0. The quantitative estimate of drug-likeness (QED) is 0.793. The zero-order valence-electron chi connectivity index (χ0n) is 14.8. The van der Waals surface area contributed by atoms with E-state index in [2.05, 4.69) is 4.74 Å². The van der Waals surface area contributed by atoms with Crippen molar-refractivity contribution >= 4 is 29.2 Å². The lowest BCUT2D eigenvalue weighted by atomic mass is 10.2. The van der Waals surface area contributed by atoms with Crippen LogP contribution in [0.4, 0.5) is 11.4 Å². The first-order valence-corrected chi connectivity index (χ1v) is 8.36. The highest BCUT2D eigenvalue weighted by atomic mass is 16.5. The number of para-hydroxylation sites is 1. The molecule has 0 unspecified atom stereocenters. The van der Waals surface area contributed by atoms with Gasteiger partial charge in [-0.25, -0.2) is 4.79 Å². The Kier molecular flexibility index (Phi) is 5.02. The summed E-state index contributed by atoms with van der Waals surface area (Å²) in [7, 11) is 1.31. The van der Waals surface area contributed by atoms with E-state index in [9.17, 15) is 14.4 Å². The van der Waals surface area contributed by atoms with E-state index in [1.165, 1.54) is 18.9 Å². The van der Waals surface area contributed by atoms with Crippen LogP contribution in [0, 0.1) is 0 Å². The Balaban J connectivity index is 1.78. The van der Waals surface area contributed by atoms with Crippen molar-refractivity contribution in [3.8, 4) is 0 Å². The van der Waals surface area contributed by atoms with Gasteiger partial charge in [-0.15, -0.1) is 0 Å². The fraction of sp³-hybridized carbons (Fsp3) is 0.250. The van der Waals surface area contributed by atoms with E-state index in [1.54, 1.807) is 29.2 Å². The molecule has 1 aliphatic heterocycles. The lowest BCUT2D eigenvalue weighted by molar-refractivity contribution is -0.121. The van der Waals surface area contributed by atoms with Gasteiger partial charge < -0.3 is 14.5 Å². The maximum atomic E-state index is 12.8. The van der Waals surface area contributed by atoms with E-state index in [0.717, 1.165) is 17.7 Å². The highest BCUT2D eigenvalue weighted by Gasteiger charge is 2.26. The number of carbonyl (C=O) groups excluding carboxylic acids is 3. The predicted octanol–water partition coefficient (Wildman–Crippen LogP) is 2.42. The van der Waals surface area contributed by atoms with Gasteiger partial charge in [0.15, 0.2) is 0 Å². The molecule has 0 aromatic heterocycles. The minimum absolute atomic E-state index is 0.0543. The number of anilines is 2. The molecule has 0 saturated carbocycles. The van der Waals surface area contributed by atoms with Crippen LogP contribution < -0.4 is 9.80 Å². The van der Waals surface area contributed by atoms with Crippen LogP contribution in [0.25, 0.3) is 0 Å². The van der Waals surface area contributed by atoms with Crippen molar-refractivity contribution in [1.29, 1.82) is 0 Å². The van der Waals surface area contributed by atoms with Crippen LogP contribution >= 0.6 is 0 Å². The number of fused-ring (bicyclic) bond motifs is 1. The summed E-state index contributed by atoms with van der Waals surface area (Å²) in [6, 6.07) is 14.2. The molecule has 0 saturated heterocycles. The molecule has 1 heterocycles. The van der Waals surface area contributed by atoms with Crippen LogP contribution in [0.3, 0.4) is 0 Å². The number of ether oxygens (including phenoxy) is 1. The predicted molar refractivity (Wildman–Crippen MR) is 98.3 cm³/mol. The summed E-state index contributed by atoms with van der Waals surface area (Å²) in [5.74, 6) is -0.825. The second kappa shape index (κ2) is 7.39. The van der Waals surface area contributed by atoms with Gasteiger partial charge in [-0.1, -0.05) is 18.2 Å². The second-order valence-corrected chi connectivity index (χ2v) is 6.07. The number of benzene rings is 2. The Morgan fingerprint density at radius 2 is 1.77 bits per heavy atom. The van der Waals surface area contributed by atoms with Crippen LogP contribution in [0.2, 0.25) is 0 Å². The van der Waals surface area contributed by atoms with Crippen molar-refractivity contribution in [3.05, 3.63) is 59.7 Å². The van der Waals surface area contributed by atoms with Crippen molar-refractivity contribution in [2.24, 2.45) is 0 Å². The highest BCUT2D eigenvalue weighted by molar-refractivity contribution is 6.04. The molecule has 0 fully saturated rings. The van der Waals surface area contributed by atoms with Crippen LogP contribution in [-0.2, 0) is 20.7 Å². The number of carbonyl (C=O) groups is 3. The van der Waals surface area contributed by atoms with E-state index in [0.29, 0.717) is 17.8 Å². The second-order valence-electron chi connectivity index (χ2n) is 6.07. The number of amides is 2. The highest BCUT2D eigenvalue weighted by Crippen LogP contribution is 2.28. The third-order valence-corrected chi connectivity index (χ3v) is 4.46. The standard InChI is InChI=1S/C20H20N2O4/c1-14(23)22(17-9-7-16(8-10-17)20(25)26-2)13-19(24)21-12-11-15-5-3-4-6-18(15)21/h3-10H,11-13H2,1-2H3. The largest absolute Gasteiger partial charge is 0.465 e. The number of esters is 1. The zero-order valence-corrected chi connectivity index (χ0v) is 14.8. The molecule has 3 rings (SSSR count). The Morgan fingerprint density at radius 3 is 2.42 bits per heavy atom. The molecule has 134 valence electrons. The van der Waals surface area contributed by atoms with E-state index in [4.69, 9.17) is 0 Å². The van der Waals surface area contributed by atoms with Crippen molar-refractivity contribution in [3.63, 3.8) is 0 Å². The van der Waals surface area contributed by atoms with Gasteiger partial charge in [0.25, 0.3) is 0 Å². The first kappa shape index (κ1) is 17.7. The molecule has 0 aliphatic carbocycles. The lowest BCUT2D eigenvalue weighted by Gasteiger charge is -2.24. The Labute approximate surface area is 152 Å². The minimum atomic E-state index is -0.448. The molecule has 2 aromatic carbocycles. The average Bonchev–Trinajstić information content (AvgIpc) is 3.09. The molecule has 0 bridgehead atoms. The molecular weight excluding hydrogens is 332 g/mol. The van der Waals surface area contributed by atoms with Gasteiger partial charge in [0.1, 0.15) is 6.54 Å². The van der Waals surface area contributed by atoms with Crippen molar-refractivity contribution in [1.82, 2.24) is 0 Å². The van der Waals surface area contributed by atoms with Gasteiger partial charge in [-0.3, -0.25) is 9.59 Å². The van der Waals surface area contributed by atoms with Crippen LogP contribution in [0.1, 0.15) is 22.8 Å². The molecule has 0 N–H and O–H groups in total. The molecular formula is C20H20N2O4. The van der Waals surface area contributed by atoms with Crippen molar-refractivity contribution in [2.45, 2.75) is 13.3 Å². The van der Waals surface area contributed by atoms with Crippen LogP contribution in [0.5, 0.6) is 0 Å². The van der Waals surface area contributed by atoms with Crippen molar-refractivity contribution < 1.29 is 19.1 Å². The summed E-state index contributed by atoms with van der Waals surface area (Å²) < 4.78 is 4.67. The van der Waals surface area contributed by atoms with E-state index in [-0.39, 0.29) is 18.4 Å². The van der Waals surface area contributed by atoms with Gasteiger partial charge in [0.2, 0.25) is 11.8 Å². The third kappa shape index (κ3) is 3.44. The van der Waals surface area contributed by atoms with Gasteiger partial charge in [0, 0.05) is 24.8 Å². The third-order valence-electron chi connectivity index (χ3n) is 4.46. The number of hydrogen-bond donors (Lipinski definition) is 0. The Morgan fingerprint density at radius 1 is 1.08 bits per heavy atom. The molecule has 2 amide bonds.